The standard InChI is InChI=1S/C22H23FN2O/c23-20-9-6-17(7-10-20)8-11-21(26)24-16-22-12-19(13-22)15-25(22)14-18-4-2-1-3-5-18/h1-11,19H,12-16H2,(H,24,26)/b11-8+. The van der Waals surface area contributed by atoms with Gasteiger partial charge < -0.3 is 5.32 Å². The molecule has 0 radical (unpaired) electrons. The molecule has 0 aromatic heterocycles. The van der Waals surface area contributed by atoms with Crippen LogP contribution in [0.25, 0.3) is 6.08 Å². The lowest BCUT2D eigenvalue weighted by atomic mass is 9.73. The fourth-order valence-electron chi connectivity index (χ4n) is 4.26. The van der Waals surface area contributed by atoms with Crippen LogP contribution in [0.4, 0.5) is 4.39 Å². The van der Waals surface area contributed by atoms with E-state index < -0.39 is 0 Å². The Bertz CT molecular complexity index is 795. The van der Waals surface area contributed by atoms with Crippen molar-refractivity contribution in [1.29, 1.82) is 0 Å². The first-order valence-electron chi connectivity index (χ1n) is 9.13. The maximum absolute atomic E-state index is 12.9. The summed E-state index contributed by atoms with van der Waals surface area (Å²) in [7, 11) is 0. The molecule has 1 saturated carbocycles. The molecule has 0 unspecified atom stereocenters. The molecule has 2 heterocycles. The molecular formula is C22H23FN2O. The van der Waals surface area contributed by atoms with Crippen molar-refractivity contribution >= 4 is 12.0 Å². The molecule has 2 bridgehead atoms. The van der Waals surface area contributed by atoms with Gasteiger partial charge in [0, 0.05) is 31.2 Å². The first kappa shape index (κ1) is 17.0. The molecular weight excluding hydrogens is 327 g/mol. The molecule has 1 N–H and O–H groups in total. The van der Waals surface area contributed by atoms with Gasteiger partial charge >= 0.3 is 0 Å². The number of nitrogens with zero attached hydrogens (tertiary/aromatic N) is 1. The molecule has 5 rings (SSSR count). The van der Waals surface area contributed by atoms with Crippen LogP contribution in [0.15, 0.2) is 60.7 Å². The third kappa shape index (κ3) is 3.56. The van der Waals surface area contributed by atoms with E-state index in [0.29, 0.717) is 6.54 Å². The highest BCUT2D eigenvalue weighted by Gasteiger charge is 2.55. The van der Waals surface area contributed by atoms with Gasteiger partial charge in [0.1, 0.15) is 5.82 Å². The van der Waals surface area contributed by atoms with Gasteiger partial charge in [-0.05, 0) is 48.1 Å². The van der Waals surface area contributed by atoms with Crippen LogP contribution in [0.1, 0.15) is 24.0 Å². The molecule has 0 spiro atoms. The van der Waals surface area contributed by atoms with Crippen LogP contribution in [0.3, 0.4) is 0 Å². The Balaban J connectivity index is 1.33. The summed E-state index contributed by atoms with van der Waals surface area (Å²) < 4.78 is 12.9. The molecule has 3 aliphatic rings. The zero-order valence-corrected chi connectivity index (χ0v) is 14.7. The van der Waals surface area contributed by atoms with Crippen molar-refractivity contribution in [3.8, 4) is 0 Å². The second-order valence-corrected chi connectivity index (χ2v) is 7.47. The molecule has 2 aromatic carbocycles. The summed E-state index contributed by atoms with van der Waals surface area (Å²) in [6.07, 6.45) is 5.58. The Morgan fingerprint density at radius 3 is 2.62 bits per heavy atom. The van der Waals surface area contributed by atoms with Crippen molar-refractivity contribution < 1.29 is 9.18 Å². The zero-order chi connectivity index (χ0) is 18.0. The van der Waals surface area contributed by atoms with Gasteiger partial charge in [-0.15, -0.1) is 0 Å². The van der Waals surface area contributed by atoms with E-state index in [1.807, 2.05) is 6.07 Å². The normalized spacial score (nSPS) is 24.6. The number of carbonyl (C=O) groups excluding carboxylic acids is 1. The highest BCUT2D eigenvalue weighted by atomic mass is 19.1. The second kappa shape index (κ2) is 7.04. The number of nitrogens with one attached hydrogen (secondary N) is 1. The van der Waals surface area contributed by atoms with Crippen LogP contribution in [0.5, 0.6) is 0 Å². The highest BCUT2D eigenvalue weighted by molar-refractivity contribution is 5.91. The Morgan fingerprint density at radius 2 is 1.88 bits per heavy atom. The number of hydrogen-bond donors (Lipinski definition) is 1. The van der Waals surface area contributed by atoms with Gasteiger partial charge in [0.05, 0.1) is 0 Å². The van der Waals surface area contributed by atoms with Gasteiger partial charge in [0.25, 0.3) is 0 Å². The summed E-state index contributed by atoms with van der Waals surface area (Å²) in [6, 6.07) is 16.6. The largest absolute Gasteiger partial charge is 0.351 e. The lowest BCUT2D eigenvalue weighted by Gasteiger charge is -2.42. The van der Waals surface area contributed by atoms with Gasteiger partial charge in [-0.1, -0.05) is 42.5 Å². The maximum Gasteiger partial charge on any atom is 0.244 e. The quantitative estimate of drug-likeness (QED) is 0.807. The lowest BCUT2D eigenvalue weighted by molar-refractivity contribution is -0.117. The van der Waals surface area contributed by atoms with Crippen LogP contribution in [0.2, 0.25) is 0 Å². The summed E-state index contributed by atoms with van der Waals surface area (Å²) in [5.41, 5.74) is 2.25. The third-order valence-corrected chi connectivity index (χ3v) is 5.59. The van der Waals surface area contributed by atoms with Gasteiger partial charge in [-0.2, -0.15) is 0 Å². The predicted octanol–water partition coefficient (Wildman–Crippen LogP) is 3.62. The molecule has 0 atom stereocenters. The first-order chi connectivity index (χ1) is 12.6. The van der Waals surface area contributed by atoms with Crippen LogP contribution in [-0.4, -0.2) is 29.4 Å². The number of amides is 1. The minimum atomic E-state index is -0.273. The van der Waals surface area contributed by atoms with E-state index in [4.69, 9.17) is 0 Å². The van der Waals surface area contributed by atoms with E-state index in [2.05, 4.69) is 34.5 Å². The molecule has 26 heavy (non-hydrogen) atoms. The zero-order valence-electron chi connectivity index (χ0n) is 14.7. The Morgan fingerprint density at radius 1 is 1.15 bits per heavy atom. The van der Waals surface area contributed by atoms with Gasteiger partial charge in [0.15, 0.2) is 0 Å². The van der Waals surface area contributed by atoms with Crippen molar-refractivity contribution in [3.63, 3.8) is 0 Å². The number of benzene rings is 2. The Labute approximate surface area is 153 Å². The van der Waals surface area contributed by atoms with E-state index in [0.717, 1.165) is 24.6 Å². The topological polar surface area (TPSA) is 32.3 Å². The summed E-state index contributed by atoms with van der Waals surface area (Å²) >= 11 is 0. The van der Waals surface area contributed by atoms with Crippen LogP contribution < -0.4 is 5.32 Å². The Kier molecular flexibility index (Phi) is 4.60. The predicted molar refractivity (Wildman–Crippen MR) is 101 cm³/mol. The van der Waals surface area contributed by atoms with Gasteiger partial charge in [-0.3, -0.25) is 9.69 Å². The van der Waals surface area contributed by atoms with E-state index >= 15 is 0 Å². The average molecular weight is 350 g/mol. The summed E-state index contributed by atoms with van der Waals surface area (Å²) in [5.74, 6) is 0.397. The highest BCUT2D eigenvalue weighted by Crippen LogP contribution is 2.50. The molecule has 3 nitrogen and oxygen atoms in total. The summed E-state index contributed by atoms with van der Waals surface area (Å²) in [6.45, 7) is 2.75. The summed E-state index contributed by atoms with van der Waals surface area (Å²) in [5, 5.41) is 3.06. The lowest BCUT2D eigenvalue weighted by Crippen LogP contribution is -2.53. The van der Waals surface area contributed by atoms with E-state index in [-0.39, 0.29) is 17.3 Å². The average Bonchev–Trinajstić information content (AvgIpc) is 3.14. The number of carbonyl (C=O) groups is 1. The molecule has 134 valence electrons. The van der Waals surface area contributed by atoms with Crippen molar-refractivity contribution in [2.24, 2.45) is 5.92 Å². The minimum Gasteiger partial charge on any atom is -0.351 e. The fraction of sp³-hybridized carbons (Fsp3) is 0.318. The molecule has 2 aromatic rings. The molecule has 1 aliphatic carbocycles. The van der Waals surface area contributed by atoms with E-state index in [1.165, 1.54) is 36.6 Å². The van der Waals surface area contributed by atoms with Crippen LogP contribution in [-0.2, 0) is 11.3 Å². The van der Waals surface area contributed by atoms with Gasteiger partial charge in [-0.25, -0.2) is 4.39 Å². The minimum absolute atomic E-state index is 0.0984. The number of fused-ring (bicyclic) bond motifs is 1. The monoisotopic (exact) mass is 350 g/mol. The van der Waals surface area contributed by atoms with Crippen LogP contribution in [0, 0.1) is 11.7 Å². The van der Waals surface area contributed by atoms with E-state index in [9.17, 15) is 9.18 Å². The van der Waals surface area contributed by atoms with Crippen molar-refractivity contribution in [3.05, 3.63) is 77.6 Å². The molecule has 4 heteroatoms. The Hall–Kier alpha value is -2.46. The van der Waals surface area contributed by atoms with Crippen molar-refractivity contribution in [2.75, 3.05) is 13.1 Å². The van der Waals surface area contributed by atoms with Gasteiger partial charge in [0.2, 0.25) is 5.91 Å². The first-order valence-corrected chi connectivity index (χ1v) is 9.13. The third-order valence-electron chi connectivity index (χ3n) is 5.59. The van der Waals surface area contributed by atoms with E-state index in [1.54, 1.807) is 18.2 Å². The maximum atomic E-state index is 12.9. The summed E-state index contributed by atoms with van der Waals surface area (Å²) in [4.78, 5) is 14.7. The van der Waals surface area contributed by atoms with Crippen LogP contribution >= 0.6 is 0 Å². The smallest absolute Gasteiger partial charge is 0.244 e. The molecule has 3 fully saturated rings. The fourth-order valence-corrected chi connectivity index (χ4v) is 4.26. The number of halogens is 1. The molecule has 2 aliphatic heterocycles. The molecule has 1 amide bonds. The number of rotatable bonds is 6. The molecule has 2 saturated heterocycles. The van der Waals surface area contributed by atoms with Crippen molar-refractivity contribution in [2.45, 2.75) is 24.9 Å². The SMILES string of the molecule is O=C(/C=C/c1ccc(F)cc1)NCC12CC(CN1Cc1ccccc1)C2. The van der Waals surface area contributed by atoms with Crippen molar-refractivity contribution in [1.82, 2.24) is 10.2 Å². The second-order valence-electron chi connectivity index (χ2n) is 7.47. The number of hydrogen-bond acceptors (Lipinski definition) is 2.